The molecule has 0 radical (unpaired) electrons. The number of anilines is 6. The van der Waals surface area contributed by atoms with Crippen LogP contribution in [-0.4, -0.2) is 6.71 Å². The first kappa shape index (κ1) is 48.3. The Kier molecular flexibility index (Phi) is 10.4. The van der Waals surface area contributed by atoms with Gasteiger partial charge in [0.2, 0.25) is 0 Å². The third-order valence-electron chi connectivity index (χ3n) is 17.3. The van der Waals surface area contributed by atoms with Crippen LogP contribution >= 0.6 is 0 Å². The monoisotopic (exact) mass is 1010 g/mol. The number of para-hydroxylation sites is 1. The number of benzene rings is 11. The SMILES string of the molecule is CC(C)(C)c1cc(N2c3cc4ccc5ccccc5c4cc3B3c4cc5c(ccc6ccccc65)cc4N(c4cc(C(C)(C)C)cc(C(C)(C)C)c4)c4cc(-c5ccc6c(c5)oc5ccccc56)cc2c43)cc(C(C)(C)C)c1. The summed E-state index contributed by atoms with van der Waals surface area (Å²) in [6.07, 6.45) is 0. The molecule has 0 saturated carbocycles. The Morgan fingerprint density at radius 3 is 1.18 bits per heavy atom. The van der Waals surface area contributed by atoms with Crippen molar-refractivity contribution in [2.45, 2.75) is 105 Å². The van der Waals surface area contributed by atoms with Crippen LogP contribution < -0.4 is 26.2 Å². The van der Waals surface area contributed by atoms with Gasteiger partial charge in [-0.15, -0.1) is 0 Å². The van der Waals surface area contributed by atoms with Gasteiger partial charge >= 0.3 is 0 Å². The van der Waals surface area contributed by atoms with E-state index in [1.165, 1.54) is 116 Å². The molecule has 2 aliphatic heterocycles. The van der Waals surface area contributed by atoms with Crippen molar-refractivity contribution in [3.63, 3.8) is 0 Å². The number of hydrogen-bond donors (Lipinski definition) is 0. The predicted molar refractivity (Wildman–Crippen MR) is 338 cm³/mol. The molecule has 2 aliphatic rings. The largest absolute Gasteiger partial charge is 0.456 e. The zero-order valence-corrected chi connectivity index (χ0v) is 47.3. The first-order chi connectivity index (χ1) is 37.2. The molecule has 0 aliphatic carbocycles. The van der Waals surface area contributed by atoms with Crippen LogP contribution in [0.4, 0.5) is 34.1 Å². The Hall–Kier alpha value is -8.08. The summed E-state index contributed by atoms with van der Waals surface area (Å²) in [6.45, 7) is 28.1. The Morgan fingerprint density at radius 2 is 0.718 bits per heavy atom. The van der Waals surface area contributed by atoms with Crippen LogP contribution in [0.5, 0.6) is 0 Å². The molecule has 0 unspecified atom stereocenters. The molecule has 0 N–H and O–H groups in total. The molecule has 0 amide bonds. The fourth-order valence-electron chi connectivity index (χ4n) is 12.8. The van der Waals surface area contributed by atoms with Crippen LogP contribution in [0.1, 0.15) is 105 Å². The lowest BCUT2D eigenvalue weighted by Crippen LogP contribution is -2.61. The molecular weight excluding hydrogens is 944 g/mol. The van der Waals surface area contributed by atoms with Crippen molar-refractivity contribution in [2.75, 3.05) is 9.80 Å². The molecule has 3 heterocycles. The highest BCUT2D eigenvalue weighted by Crippen LogP contribution is 2.50. The molecule has 12 aromatic rings. The second-order valence-corrected chi connectivity index (χ2v) is 26.7. The van der Waals surface area contributed by atoms with E-state index in [1.54, 1.807) is 0 Å². The number of hydrogen-bond acceptors (Lipinski definition) is 3. The van der Waals surface area contributed by atoms with Gasteiger partial charge in [-0.25, -0.2) is 0 Å². The van der Waals surface area contributed by atoms with E-state index in [-0.39, 0.29) is 28.4 Å². The van der Waals surface area contributed by atoms with Gasteiger partial charge in [0.15, 0.2) is 0 Å². The summed E-state index contributed by atoms with van der Waals surface area (Å²) in [5, 5.41) is 12.3. The molecule has 11 aromatic carbocycles. The average molecular weight is 1010 g/mol. The van der Waals surface area contributed by atoms with Crippen molar-refractivity contribution >= 4 is 122 Å². The number of fused-ring (bicyclic) bond motifs is 13. The zero-order valence-electron chi connectivity index (χ0n) is 47.3. The van der Waals surface area contributed by atoms with Gasteiger partial charge in [-0.3, -0.25) is 0 Å². The normalized spacial score (nSPS) is 13.8. The first-order valence-corrected chi connectivity index (χ1v) is 28.1. The van der Waals surface area contributed by atoms with Crippen LogP contribution in [0.15, 0.2) is 192 Å². The third-order valence-corrected chi connectivity index (χ3v) is 17.3. The number of nitrogens with zero attached hydrogens (tertiary/aromatic N) is 2. The van der Waals surface area contributed by atoms with Gasteiger partial charge in [-0.2, -0.15) is 0 Å². The van der Waals surface area contributed by atoms with Crippen molar-refractivity contribution in [3.05, 3.63) is 210 Å². The molecule has 0 saturated heterocycles. The summed E-state index contributed by atoms with van der Waals surface area (Å²) in [4.78, 5) is 5.30. The maximum atomic E-state index is 6.69. The summed E-state index contributed by atoms with van der Waals surface area (Å²) >= 11 is 0. The Balaban J connectivity index is 1.18. The lowest BCUT2D eigenvalue weighted by Gasteiger charge is -2.45. The van der Waals surface area contributed by atoms with E-state index in [4.69, 9.17) is 4.42 Å². The van der Waals surface area contributed by atoms with Gasteiger partial charge in [0.1, 0.15) is 11.2 Å². The highest BCUT2D eigenvalue weighted by Gasteiger charge is 2.45. The molecule has 3 nitrogen and oxygen atoms in total. The second-order valence-electron chi connectivity index (χ2n) is 26.7. The Labute approximate surface area is 460 Å². The van der Waals surface area contributed by atoms with Crippen LogP contribution in [0.25, 0.3) is 76.2 Å². The minimum absolute atomic E-state index is 0.106. The highest BCUT2D eigenvalue weighted by molar-refractivity contribution is 7.00. The van der Waals surface area contributed by atoms with Crippen molar-refractivity contribution in [1.82, 2.24) is 0 Å². The van der Waals surface area contributed by atoms with E-state index in [1.807, 2.05) is 0 Å². The van der Waals surface area contributed by atoms with Gasteiger partial charge < -0.3 is 14.2 Å². The number of rotatable bonds is 3. The molecule has 0 bridgehead atoms. The van der Waals surface area contributed by atoms with Gasteiger partial charge in [0.25, 0.3) is 6.71 Å². The maximum absolute atomic E-state index is 6.69. The second kappa shape index (κ2) is 16.7. The maximum Gasteiger partial charge on any atom is 0.252 e. The third kappa shape index (κ3) is 7.61. The molecule has 0 fully saturated rings. The number of furan rings is 1. The Morgan fingerprint density at radius 1 is 0.308 bits per heavy atom. The fraction of sp³-hybridized carbons (Fsp3) is 0.216. The molecule has 4 heteroatoms. The molecule has 14 rings (SSSR count). The van der Waals surface area contributed by atoms with E-state index in [9.17, 15) is 0 Å². The minimum atomic E-state index is -0.119. The van der Waals surface area contributed by atoms with Gasteiger partial charge in [-0.1, -0.05) is 204 Å². The van der Waals surface area contributed by atoms with Gasteiger partial charge in [0.05, 0.1) is 0 Å². The first-order valence-electron chi connectivity index (χ1n) is 28.1. The van der Waals surface area contributed by atoms with Crippen LogP contribution in [0.3, 0.4) is 0 Å². The molecule has 78 heavy (non-hydrogen) atoms. The van der Waals surface area contributed by atoms with Crippen LogP contribution in [0.2, 0.25) is 0 Å². The smallest absolute Gasteiger partial charge is 0.252 e. The summed E-state index contributed by atoms with van der Waals surface area (Å²) in [5.74, 6) is 0. The molecule has 382 valence electrons. The van der Waals surface area contributed by atoms with Crippen LogP contribution in [-0.2, 0) is 21.7 Å². The molecular formula is C74H67BN2O. The zero-order chi connectivity index (χ0) is 53.9. The minimum Gasteiger partial charge on any atom is -0.456 e. The fourth-order valence-corrected chi connectivity index (χ4v) is 12.8. The average Bonchev–Trinajstić information content (AvgIpc) is 2.24. The lowest BCUT2D eigenvalue weighted by atomic mass is 9.33. The highest BCUT2D eigenvalue weighted by atomic mass is 16.3. The van der Waals surface area contributed by atoms with E-state index in [0.29, 0.717) is 0 Å². The summed E-state index contributed by atoms with van der Waals surface area (Å²) < 4.78 is 6.69. The summed E-state index contributed by atoms with van der Waals surface area (Å²) in [5.41, 5.74) is 19.9. The van der Waals surface area contributed by atoms with Gasteiger partial charge in [-0.05, 0) is 181 Å². The summed E-state index contributed by atoms with van der Waals surface area (Å²) in [7, 11) is 0. The molecule has 0 spiro atoms. The van der Waals surface area contributed by atoms with Crippen molar-refractivity contribution in [3.8, 4) is 11.1 Å². The van der Waals surface area contributed by atoms with E-state index in [2.05, 4.69) is 281 Å². The topological polar surface area (TPSA) is 19.6 Å². The van der Waals surface area contributed by atoms with Crippen molar-refractivity contribution in [1.29, 1.82) is 0 Å². The Bertz CT molecular complexity index is 4220. The van der Waals surface area contributed by atoms with E-state index >= 15 is 0 Å². The standard InChI is InChI=1S/C74H67BN2O/c1-71(2,3)50-36-51(72(4,5)6)39-54(38-50)76-64-31-47-27-25-44-19-13-15-21-56(44)60(47)42-62(64)75-63-43-61-48(28-26-45-20-14-16-22-57(45)61)32-65(63)77(55-40-52(73(7,8)9)37-53(41-55)74(10,11)12)67-34-49(33-66(76)70(67)75)46-29-30-59-58-23-17-18-24-68(58)78-69(59)35-46/h13-43H,1-12H3. The van der Waals surface area contributed by atoms with Gasteiger partial charge in [0, 0.05) is 44.9 Å². The van der Waals surface area contributed by atoms with E-state index < -0.39 is 0 Å². The molecule has 1 aromatic heterocycles. The van der Waals surface area contributed by atoms with Crippen LogP contribution in [0, 0.1) is 0 Å². The lowest BCUT2D eigenvalue weighted by molar-refractivity contribution is 0.568. The van der Waals surface area contributed by atoms with Crippen molar-refractivity contribution < 1.29 is 4.42 Å². The van der Waals surface area contributed by atoms with E-state index in [0.717, 1.165) is 33.1 Å². The van der Waals surface area contributed by atoms with Crippen molar-refractivity contribution in [2.24, 2.45) is 0 Å². The quantitative estimate of drug-likeness (QED) is 0.130. The predicted octanol–water partition coefficient (Wildman–Crippen LogP) is 19.1. The molecule has 0 atom stereocenters. The summed E-state index contributed by atoms with van der Waals surface area (Å²) in [6, 6.07) is 72.4.